The van der Waals surface area contributed by atoms with Gasteiger partial charge in [0.05, 0.1) is 5.39 Å². The van der Waals surface area contributed by atoms with Crippen LogP contribution >= 0.6 is 0 Å². The van der Waals surface area contributed by atoms with Gasteiger partial charge in [0.2, 0.25) is 0 Å². The first-order valence-corrected chi connectivity index (χ1v) is 12.9. The molecule has 2 aromatic heterocycles. The van der Waals surface area contributed by atoms with E-state index in [0.717, 1.165) is 31.2 Å². The first-order chi connectivity index (χ1) is 16.8. The second kappa shape index (κ2) is 9.24. The van der Waals surface area contributed by atoms with Crippen LogP contribution in [0.15, 0.2) is 21.9 Å². The Balaban J connectivity index is 1.41. The molecule has 0 bridgehead atoms. The molecule has 3 amide bonds. The Kier molecular flexibility index (Phi) is 6.27. The lowest BCUT2D eigenvalue weighted by atomic mass is 9.82. The number of rotatable bonds is 5. The zero-order chi connectivity index (χ0) is 24.9. The van der Waals surface area contributed by atoms with Crippen LogP contribution in [0.25, 0.3) is 11.0 Å². The number of imide groups is 1. The molecule has 188 valence electrons. The number of nitrogens with zero attached hydrogens (tertiary/aromatic N) is 5. The second-order valence-electron chi connectivity index (χ2n) is 10.8. The maximum Gasteiger partial charge on any atom is 0.332 e. The lowest BCUT2D eigenvalue weighted by Crippen LogP contribution is -2.44. The van der Waals surface area contributed by atoms with Crippen molar-refractivity contribution in [2.45, 2.75) is 83.3 Å². The van der Waals surface area contributed by atoms with Gasteiger partial charge in [-0.05, 0) is 75.3 Å². The summed E-state index contributed by atoms with van der Waals surface area (Å²) in [6.45, 7) is 2.52. The van der Waals surface area contributed by atoms with E-state index in [0.29, 0.717) is 42.8 Å². The Labute approximate surface area is 204 Å². The van der Waals surface area contributed by atoms with Crippen molar-refractivity contribution in [1.29, 1.82) is 0 Å². The summed E-state index contributed by atoms with van der Waals surface area (Å²) >= 11 is 0. The summed E-state index contributed by atoms with van der Waals surface area (Å²) in [6, 6.07) is 0.993. The zero-order valence-corrected chi connectivity index (χ0v) is 20.9. The number of amides is 3. The van der Waals surface area contributed by atoms with Crippen molar-refractivity contribution in [2.24, 2.45) is 11.8 Å². The summed E-state index contributed by atoms with van der Waals surface area (Å²) in [4.78, 5) is 59.1. The SMILES string of the molecule is Cc1ccnc2c1c(=O)n(C1CCC(CC3C(=O)N(C)C(=O)N3C)CC1)c(=O)n2CC1CCCC1. The number of aryl methyl sites for hydroxylation is 1. The number of aromatic nitrogens is 3. The molecule has 2 aromatic rings. The summed E-state index contributed by atoms with van der Waals surface area (Å²) in [5.41, 5.74) is 0.876. The number of pyridine rings is 1. The predicted molar refractivity (Wildman–Crippen MR) is 132 cm³/mol. The first kappa shape index (κ1) is 23.8. The molecule has 3 aliphatic rings. The molecule has 2 aliphatic carbocycles. The summed E-state index contributed by atoms with van der Waals surface area (Å²) in [5, 5.41) is 0.548. The van der Waals surface area contributed by atoms with Gasteiger partial charge in [-0.1, -0.05) is 12.8 Å². The van der Waals surface area contributed by atoms with Gasteiger partial charge < -0.3 is 4.90 Å². The van der Waals surface area contributed by atoms with Crippen LogP contribution in [0, 0.1) is 18.8 Å². The van der Waals surface area contributed by atoms with Crippen LogP contribution in [0.3, 0.4) is 0 Å². The highest BCUT2D eigenvalue weighted by molar-refractivity contribution is 6.03. The molecule has 0 N–H and O–H groups in total. The monoisotopic (exact) mass is 481 g/mol. The van der Waals surface area contributed by atoms with Crippen LogP contribution < -0.4 is 11.2 Å². The van der Waals surface area contributed by atoms with Gasteiger partial charge in [-0.15, -0.1) is 0 Å². The van der Waals surface area contributed by atoms with E-state index in [1.807, 2.05) is 13.0 Å². The number of hydrogen-bond donors (Lipinski definition) is 0. The van der Waals surface area contributed by atoms with Crippen molar-refractivity contribution in [3.8, 4) is 0 Å². The summed E-state index contributed by atoms with van der Waals surface area (Å²) in [6.07, 6.45) is 9.95. The Morgan fingerprint density at radius 2 is 1.63 bits per heavy atom. The van der Waals surface area contributed by atoms with E-state index in [1.54, 1.807) is 17.8 Å². The molecule has 0 aromatic carbocycles. The van der Waals surface area contributed by atoms with E-state index in [4.69, 9.17) is 0 Å². The van der Waals surface area contributed by atoms with Crippen LogP contribution in [0.5, 0.6) is 0 Å². The van der Waals surface area contributed by atoms with E-state index >= 15 is 0 Å². The van der Waals surface area contributed by atoms with Gasteiger partial charge in [-0.3, -0.25) is 23.6 Å². The van der Waals surface area contributed by atoms with E-state index in [-0.39, 0.29) is 35.1 Å². The normalized spacial score (nSPS) is 25.9. The van der Waals surface area contributed by atoms with Crippen molar-refractivity contribution in [3.63, 3.8) is 0 Å². The van der Waals surface area contributed by atoms with Crippen molar-refractivity contribution < 1.29 is 9.59 Å². The molecular formula is C26H35N5O4. The first-order valence-electron chi connectivity index (χ1n) is 12.9. The van der Waals surface area contributed by atoms with Crippen LogP contribution in [0.4, 0.5) is 4.79 Å². The maximum atomic E-state index is 13.7. The van der Waals surface area contributed by atoms with Crippen LogP contribution in [-0.4, -0.2) is 56.0 Å². The summed E-state index contributed by atoms with van der Waals surface area (Å²) in [7, 11) is 3.20. The molecule has 35 heavy (non-hydrogen) atoms. The van der Waals surface area contributed by atoms with E-state index < -0.39 is 6.04 Å². The smallest absolute Gasteiger partial charge is 0.315 e. The third-order valence-corrected chi connectivity index (χ3v) is 8.59. The Bertz CT molecular complexity index is 1270. The van der Waals surface area contributed by atoms with Gasteiger partial charge >= 0.3 is 11.7 Å². The number of carbonyl (C=O) groups is 2. The fourth-order valence-corrected chi connectivity index (χ4v) is 6.45. The van der Waals surface area contributed by atoms with E-state index in [9.17, 15) is 19.2 Å². The molecule has 2 saturated carbocycles. The third kappa shape index (κ3) is 4.08. The molecule has 1 aliphatic heterocycles. The van der Waals surface area contributed by atoms with Crippen LogP contribution in [0.2, 0.25) is 0 Å². The Morgan fingerprint density at radius 3 is 2.26 bits per heavy atom. The molecule has 9 heteroatoms. The minimum atomic E-state index is -0.421. The molecule has 3 fully saturated rings. The topological polar surface area (TPSA) is 97.5 Å². The highest BCUT2D eigenvalue weighted by Gasteiger charge is 2.42. The van der Waals surface area contributed by atoms with Gasteiger partial charge in [-0.25, -0.2) is 14.6 Å². The van der Waals surface area contributed by atoms with Crippen LogP contribution in [0.1, 0.15) is 69.4 Å². The Morgan fingerprint density at radius 1 is 0.943 bits per heavy atom. The highest BCUT2D eigenvalue weighted by atomic mass is 16.2. The predicted octanol–water partition coefficient (Wildman–Crippen LogP) is 3.07. The van der Waals surface area contributed by atoms with Gasteiger partial charge in [0.25, 0.3) is 11.5 Å². The van der Waals surface area contributed by atoms with E-state index in [2.05, 4.69) is 4.98 Å². The maximum absolute atomic E-state index is 13.7. The van der Waals surface area contributed by atoms with Crippen molar-refractivity contribution in [3.05, 3.63) is 38.7 Å². The van der Waals surface area contributed by atoms with Gasteiger partial charge in [0.15, 0.2) is 0 Å². The number of hydrogen-bond acceptors (Lipinski definition) is 5. The summed E-state index contributed by atoms with van der Waals surface area (Å²) in [5.74, 6) is 0.576. The average molecular weight is 482 g/mol. The zero-order valence-electron chi connectivity index (χ0n) is 20.9. The molecule has 1 saturated heterocycles. The van der Waals surface area contributed by atoms with Crippen LogP contribution in [-0.2, 0) is 11.3 Å². The quantitative estimate of drug-likeness (QED) is 0.612. The molecule has 1 unspecified atom stereocenters. The second-order valence-corrected chi connectivity index (χ2v) is 10.8. The van der Waals surface area contributed by atoms with Crippen molar-refractivity contribution in [2.75, 3.05) is 14.1 Å². The van der Waals surface area contributed by atoms with Crippen molar-refractivity contribution >= 4 is 23.0 Å². The number of fused-ring (bicyclic) bond motifs is 1. The molecule has 0 radical (unpaired) electrons. The lowest BCUT2D eigenvalue weighted by molar-refractivity contribution is -0.127. The summed E-state index contributed by atoms with van der Waals surface area (Å²) < 4.78 is 3.24. The third-order valence-electron chi connectivity index (χ3n) is 8.59. The molecule has 9 nitrogen and oxygen atoms in total. The number of likely N-dealkylation sites (N-methyl/N-ethyl adjacent to an activating group) is 2. The minimum Gasteiger partial charge on any atom is -0.315 e. The lowest BCUT2D eigenvalue weighted by Gasteiger charge is -2.31. The molecular weight excluding hydrogens is 446 g/mol. The minimum absolute atomic E-state index is 0.150. The fourth-order valence-electron chi connectivity index (χ4n) is 6.45. The molecule has 0 spiro atoms. The van der Waals surface area contributed by atoms with Gasteiger partial charge in [-0.2, -0.15) is 0 Å². The largest absolute Gasteiger partial charge is 0.332 e. The van der Waals surface area contributed by atoms with Gasteiger partial charge in [0, 0.05) is 32.9 Å². The fraction of sp³-hybridized carbons (Fsp3) is 0.654. The number of urea groups is 1. The Hall–Kier alpha value is -2.97. The molecule has 1 atom stereocenters. The molecule has 5 rings (SSSR count). The standard InChI is InChI=1S/C26H35N5O4/c1-16-12-13-27-22-21(16)24(33)31(26(35)30(22)15-18-6-4-5-7-18)19-10-8-17(9-11-19)14-20-23(32)29(3)25(34)28(20)2/h12-13,17-20H,4-11,14-15H2,1-3H3. The number of carbonyl (C=O) groups excluding carboxylic acids is 2. The molecule has 3 heterocycles. The van der Waals surface area contributed by atoms with Gasteiger partial charge in [0.1, 0.15) is 11.7 Å². The van der Waals surface area contributed by atoms with Crippen molar-refractivity contribution in [1.82, 2.24) is 23.9 Å². The van der Waals surface area contributed by atoms with E-state index in [1.165, 1.54) is 34.3 Å². The average Bonchev–Trinajstić information content (AvgIpc) is 3.42. The highest BCUT2D eigenvalue weighted by Crippen LogP contribution is 2.35.